The highest BCUT2D eigenvalue weighted by molar-refractivity contribution is 7.13. The van der Waals surface area contributed by atoms with Crippen molar-refractivity contribution in [2.45, 2.75) is 20.8 Å². The fourth-order valence-corrected chi connectivity index (χ4v) is 3.09. The average Bonchev–Trinajstić information content (AvgIpc) is 3.10. The van der Waals surface area contributed by atoms with E-state index in [2.05, 4.69) is 35.4 Å². The Morgan fingerprint density at radius 1 is 1.08 bits per heavy atom. The Labute approximate surface area is 146 Å². The summed E-state index contributed by atoms with van der Waals surface area (Å²) < 4.78 is 0. The summed E-state index contributed by atoms with van der Waals surface area (Å²) in [7, 11) is 0. The van der Waals surface area contributed by atoms with Gasteiger partial charge < -0.3 is 5.32 Å². The van der Waals surface area contributed by atoms with Gasteiger partial charge in [-0.15, -0.1) is 11.3 Å². The van der Waals surface area contributed by atoms with Crippen LogP contribution in [0, 0.1) is 12.8 Å². The molecule has 0 aliphatic rings. The van der Waals surface area contributed by atoms with E-state index in [-0.39, 0.29) is 11.8 Å². The van der Waals surface area contributed by atoms with Gasteiger partial charge in [0.05, 0.1) is 0 Å². The van der Waals surface area contributed by atoms with Crippen molar-refractivity contribution >= 4 is 22.9 Å². The molecule has 0 spiro atoms. The summed E-state index contributed by atoms with van der Waals surface area (Å²) >= 11 is 1.64. The molecule has 1 N–H and O–H groups in total. The Hall–Kier alpha value is -2.46. The second-order valence-corrected chi connectivity index (χ2v) is 6.98. The number of amides is 1. The van der Waals surface area contributed by atoms with E-state index in [1.54, 1.807) is 11.3 Å². The smallest absolute Gasteiger partial charge is 0.226 e. The second-order valence-electron chi connectivity index (χ2n) is 6.09. The Morgan fingerprint density at radius 3 is 2.42 bits per heavy atom. The van der Waals surface area contributed by atoms with Crippen LogP contribution in [0.4, 0.5) is 5.69 Å². The maximum Gasteiger partial charge on any atom is 0.226 e. The molecule has 1 amide bonds. The summed E-state index contributed by atoms with van der Waals surface area (Å²) in [4.78, 5) is 16.2. The lowest BCUT2D eigenvalue weighted by Gasteiger charge is -2.11. The van der Waals surface area contributed by atoms with Gasteiger partial charge in [0, 0.05) is 28.7 Å². The summed E-state index contributed by atoms with van der Waals surface area (Å²) in [5.41, 5.74) is 5.49. The van der Waals surface area contributed by atoms with E-state index in [0.717, 1.165) is 21.8 Å². The van der Waals surface area contributed by atoms with Crippen LogP contribution in [0.3, 0.4) is 0 Å². The number of anilines is 1. The van der Waals surface area contributed by atoms with Crippen LogP contribution < -0.4 is 5.32 Å². The lowest BCUT2D eigenvalue weighted by Crippen LogP contribution is -2.17. The van der Waals surface area contributed by atoms with E-state index in [0.29, 0.717) is 0 Å². The van der Waals surface area contributed by atoms with Crippen LogP contribution in [0.25, 0.3) is 21.7 Å². The zero-order valence-corrected chi connectivity index (χ0v) is 14.9. The first-order valence-corrected chi connectivity index (χ1v) is 8.84. The molecule has 2 aromatic carbocycles. The van der Waals surface area contributed by atoms with Crippen LogP contribution in [-0.4, -0.2) is 10.9 Å². The third-order valence-corrected chi connectivity index (χ3v) is 4.73. The summed E-state index contributed by atoms with van der Waals surface area (Å²) in [6, 6.07) is 14.4. The number of aromatic nitrogens is 1. The van der Waals surface area contributed by atoms with Gasteiger partial charge >= 0.3 is 0 Å². The molecule has 3 aromatic rings. The molecule has 0 atom stereocenters. The van der Waals surface area contributed by atoms with E-state index in [1.165, 1.54) is 11.1 Å². The van der Waals surface area contributed by atoms with E-state index < -0.39 is 0 Å². The number of benzene rings is 2. The number of rotatable bonds is 4. The van der Waals surface area contributed by atoms with Crippen LogP contribution in [0.5, 0.6) is 0 Å². The van der Waals surface area contributed by atoms with Crippen LogP contribution >= 0.6 is 11.3 Å². The van der Waals surface area contributed by atoms with E-state index in [9.17, 15) is 4.79 Å². The zero-order valence-electron chi connectivity index (χ0n) is 14.0. The van der Waals surface area contributed by atoms with Gasteiger partial charge in [0.1, 0.15) is 5.01 Å². The molecule has 0 bridgehead atoms. The minimum absolute atomic E-state index is 0.0260. The zero-order chi connectivity index (χ0) is 17.1. The Kier molecular flexibility index (Phi) is 4.76. The summed E-state index contributed by atoms with van der Waals surface area (Å²) in [5, 5.41) is 5.93. The number of nitrogens with one attached hydrogen (secondary N) is 1. The van der Waals surface area contributed by atoms with Gasteiger partial charge in [-0.1, -0.05) is 38.1 Å². The molecule has 1 heterocycles. The SMILES string of the molecule is Cc1ccc(-c2nccs2)cc1-c1ccc(NC(=O)C(C)C)cc1. The molecular weight excluding hydrogens is 316 g/mol. The number of hydrogen-bond acceptors (Lipinski definition) is 3. The van der Waals surface area contributed by atoms with Crippen molar-refractivity contribution in [2.24, 2.45) is 5.92 Å². The number of thiazole rings is 1. The minimum Gasteiger partial charge on any atom is -0.326 e. The molecule has 4 heteroatoms. The topological polar surface area (TPSA) is 42.0 Å². The van der Waals surface area contributed by atoms with E-state index in [1.807, 2.05) is 49.7 Å². The first-order valence-electron chi connectivity index (χ1n) is 7.96. The van der Waals surface area contributed by atoms with Crippen molar-refractivity contribution in [3.8, 4) is 21.7 Å². The molecule has 0 aliphatic carbocycles. The van der Waals surface area contributed by atoms with E-state index in [4.69, 9.17) is 0 Å². The van der Waals surface area contributed by atoms with Crippen molar-refractivity contribution in [1.29, 1.82) is 0 Å². The largest absolute Gasteiger partial charge is 0.326 e. The van der Waals surface area contributed by atoms with Crippen molar-refractivity contribution in [3.05, 3.63) is 59.6 Å². The molecule has 0 fully saturated rings. The van der Waals surface area contributed by atoms with Crippen LogP contribution in [-0.2, 0) is 4.79 Å². The molecule has 3 nitrogen and oxygen atoms in total. The number of carbonyl (C=O) groups is 1. The molecule has 0 aliphatic heterocycles. The van der Waals surface area contributed by atoms with Crippen molar-refractivity contribution < 1.29 is 4.79 Å². The van der Waals surface area contributed by atoms with Gasteiger partial charge in [0.2, 0.25) is 5.91 Å². The van der Waals surface area contributed by atoms with Gasteiger partial charge in [-0.05, 0) is 41.8 Å². The monoisotopic (exact) mass is 336 g/mol. The maximum absolute atomic E-state index is 11.8. The van der Waals surface area contributed by atoms with Crippen molar-refractivity contribution in [1.82, 2.24) is 4.98 Å². The number of hydrogen-bond donors (Lipinski definition) is 1. The molecule has 0 saturated carbocycles. The molecule has 0 radical (unpaired) electrons. The quantitative estimate of drug-likeness (QED) is 0.695. The molecule has 0 unspecified atom stereocenters. The third-order valence-electron chi connectivity index (χ3n) is 3.90. The van der Waals surface area contributed by atoms with Gasteiger partial charge in [-0.25, -0.2) is 4.98 Å². The highest BCUT2D eigenvalue weighted by atomic mass is 32.1. The van der Waals surface area contributed by atoms with Gasteiger partial charge in [0.15, 0.2) is 0 Å². The van der Waals surface area contributed by atoms with Crippen LogP contribution in [0.15, 0.2) is 54.0 Å². The van der Waals surface area contributed by atoms with E-state index >= 15 is 0 Å². The highest BCUT2D eigenvalue weighted by Crippen LogP contribution is 2.30. The highest BCUT2D eigenvalue weighted by Gasteiger charge is 2.09. The number of aryl methyl sites for hydroxylation is 1. The summed E-state index contributed by atoms with van der Waals surface area (Å²) in [6.07, 6.45) is 1.83. The van der Waals surface area contributed by atoms with Gasteiger partial charge in [-0.3, -0.25) is 4.79 Å². The summed E-state index contributed by atoms with van der Waals surface area (Å²) in [6.45, 7) is 5.88. The summed E-state index contributed by atoms with van der Waals surface area (Å²) in [5.74, 6) is 0.00611. The molecule has 122 valence electrons. The van der Waals surface area contributed by atoms with Crippen LogP contribution in [0.1, 0.15) is 19.4 Å². The van der Waals surface area contributed by atoms with Crippen molar-refractivity contribution in [3.63, 3.8) is 0 Å². The van der Waals surface area contributed by atoms with Crippen LogP contribution in [0.2, 0.25) is 0 Å². The Morgan fingerprint density at radius 2 is 1.79 bits per heavy atom. The average molecular weight is 336 g/mol. The molecule has 24 heavy (non-hydrogen) atoms. The fraction of sp³-hybridized carbons (Fsp3) is 0.200. The Balaban J connectivity index is 1.89. The lowest BCUT2D eigenvalue weighted by molar-refractivity contribution is -0.118. The first kappa shape index (κ1) is 16.4. The predicted molar refractivity (Wildman–Crippen MR) is 101 cm³/mol. The lowest BCUT2D eigenvalue weighted by atomic mass is 9.98. The van der Waals surface area contributed by atoms with Crippen molar-refractivity contribution in [2.75, 3.05) is 5.32 Å². The normalized spacial score (nSPS) is 10.8. The molecule has 1 aromatic heterocycles. The van der Waals surface area contributed by atoms with Gasteiger partial charge in [-0.2, -0.15) is 0 Å². The Bertz CT molecular complexity index is 837. The fourth-order valence-electron chi connectivity index (χ4n) is 2.45. The van der Waals surface area contributed by atoms with Gasteiger partial charge in [0.25, 0.3) is 0 Å². The number of nitrogens with zero attached hydrogens (tertiary/aromatic N) is 1. The predicted octanol–water partition coefficient (Wildman–Crippen LogP) is 5.38. The third kappa shape index (κ3) is 3.54. The first-order chi connectivity index (χ1) is 11.5. The molecule has 0 saturated heterocycles. The minimum atomic E-state index is -0.0260. The standard InChI is InChI=1S/C20H20N2OS/c1-13(2)19(23)22-17-8-6-15(7-9-17)18-12-16(5-4-14(18)3)20-21-10-11-24-20/h4-13H,1-3H3,(H,22,23). The molecular formula is C20H20N2OS. The number of carbonyl (C=O) groups excluding carboxylic acids is 1. The second kappa shape index (κ2) is 6.97. The molecule has 3 rings (SSSR count). The maximum atomic E-state index is 11.8.